The zero-order chi connectivity index (χ0) is 20.6. The van der Waals surface area contributed by atoms with Gasteiger partial charge in [-0.05, 0) is 48.9 Å². The fourth-order valence-electron chi connectivity index (χ4n) is 3.88. The van der Waals surface area contributed by atoms with Crippen molar-refractivity contribution in [3.05, 3.63) is 70.7 Å². The van der Waals surface area contributed by atoms with E-state index >= 15 is 0 Å². The van der Waals surface area contributed by atoms with E-state index in [9.17, 15) is 8.42 Å². The van der Waals surface area contributed by atoms with E-state index in [1.54, 1.807) is 10.6 Å². The summed E-state index contributed by atoms with van der Waals surface area (Å²) in [5.74, 6) is 0.679. The Hall–Kier alpha value is -2.55. The first-order chi connectivity index (χ1) is 14.6. The van der Waals surface area contributed by atoms with E-state index in [2.05, 4.69) is 14.8 Å². The molecule has 2 aromatic heterocycles. The second kappa shape index (κ2) is 7.94. The van der Waals surface area contributed by atoms with Gasteiger partial charge in [-0.1, -0.05) is 36.4 Å². The SMILES string of the molecule is O=S(=O)(NCCc1csc2nc(-c3ccccc3)nn12)c1ccc2c(c1)CCCC2. The van der Waals surface area contributed by atoms with Crippen molar-refractivity contribution in [2.24, 2.45) is 0 Å². The third-order valence-electron chi connectivity index (χ3n) is 5.49. The number of hydrogen-bond acceptors (Lipinski definition) is 5. The topological polar surface area (TPSA) is 76.4 Å². The van der Waals surface area contributed by atoms with Crippen LogP contribution in [0.5, 0.6) is 0 Å². The number of aryl methyl sites for hydroxylation is 2. The van der Waals surface area contributed by atoms with Gasteiger partial charge in [0.25, 0.3) is 0 Å². The van der Waals surface area contributed by atoms with Crippen LogP contribution in [0.3, 0.4) is 0 Å². The van der Waals surface area contributed by atoms with E-state index in [0.717, 1.165) is 35.5 Å². The van der Waals surface area contributed by atoms with E-state index < -0.39 is 10.0 Å². The molecule has 2 heterocycles. The summed E-state index contributed by atoms with van der Waals surface area (Å²) in [4.78, 5) is 5.74. The minimum absolute atomic E-state index is 0.311. The molecule has 0 fully saturated rings. The Morgan fingerprint density at radius 1 is 1.03 bits per heavy atom. The standard InChI is InChI=1S/C22H22N4O2S2/c27-30(28,20-11-10-16-6-4-5-9-18(16)14-20)23-13-12-19-15-29-22-24-21(25-26(19)22)17-7-2-1-3-8-17/h1-3,7-8,10-11,14-15,23H,4-6,9,12-13H2. The van der Waals surface area contributed by atoms with Crippen molar-refractivity contribution < 1.29 is 8.42 Å². The molecular formula is C22H22N4O2S2. The van der Waals surface area contributed by atoms with Crippen molar-refractivity contribution in [3.63, 3.8) is 0 Å². The molecule has 0 spiro atoms. The zero-order valence-electron chi connectivity index (χ0n) is 16.4. The molecule has 2 aromatic carbocycles. The normalized spacial score (nSPS) is 14.1. The van der Waals surface area contributed by atoms with E-state index in [0.29, 0.717) is 23.7 Å². The number of rotatable bonds is 6. The van der Waals surface area contributed by atoms with Crippen LogP contribution in [0.4, 0.5) is 0 Å². The third kappa shape index (κ3) is 3.78. The predicted octanol–water partition coefficient (Wildman–Crippen LogP) is 3.86. The van der Waals surface area contributed by atoms with Crippen molar-refractivity contribution in [2.45, 2.75) is 37.0 Å². The average Bonchev–Trinajstić information content (AvgIpc) is 3.36. The van der Waals surface area contributed by atoms with Crippen LogP contribution >= 0.6 is 11.3 Å². The van der Waals surface area contributed by atoms with Crippen LogP contribution in [0, 0.1) is 0 Å². The highest BCUT2D eigenvalue weighted by Crippen LogP contribution is 2.24. The molecule has 0 atom stereocenters. The number of nitrogens with one attached hydrogen (secondary N) is 1. The van der Waals surface area contributed by atoms with Gasteiger partial charge in [0, 0.05) is 23.9 Å². The highest BCUT2D eigenvalue weighted by molar-refractivity contribution is 7.89. The first-order valence-corrected chi connectivity index (χ1v) is 12.5. The number of fused-ring (bicyclic) bond motifs is 2. The Bertz CT molecular complexity index is 1290. The van der Waals surface area contributed by atoms with Gasteiger partial charge in [0.15, 0.2) is 5.82 Å². The van der Waals surface area contributed by atoms with Gasteiger partial charge in [-0.2, -0.15) is 4.98 Å². The molecule has 4 aromatic rings. The lowest BCUT2D eigenvalue weighted by atomic mass is 9.92. The minimum atomic E-state index is -3.53. The smallest absolute Gasteiger partial charge is 0.211 e. The summed E-state index contributed by atoms with van der Waals surface area (Å²) in [6.45, 7) is 0.311. The van der Waals surface area contributed by atoms with Gasteiger partial charge < -0.3 is 0 Å². The second-order valence-corrected chi connectivity index (χ2v) is 10.1. The van der Waals surface area contributed by atoms with Crippen LogP contribution in [0.25, 0.3) is 16.3 Å². The van der Waals surface area contributed by atoms with Crippen molar-refractivity contribution in [1.82, 2.24) is 19.3 Å². The second-order valence-electron chi connectivity index (χ2n) is 7.51. The Morgan fingerprint density at radius 3 is 2.67 bits per heavy atom. The Morgan fingerprint density at radius 2 is 1.83 bits per heavy atom. The van der Waals surface area contributed by atoms with E-state index in [4.69, 9.17) is 0 Å². The lowest BCUT2D eigenvalue weighted by Gasteiger charge is -2.16. The summed E-state index contributed by atoms with van der Waals surface area (Å²) < 4.78 is 30.1. The van der Waals surface area contributed by atoms with E-state index in [-0.39, 0.29) is 0 Å². The Balaban J connectivity index is 1.29. The number of nitrogens with zero attached hydrogens (tertiary/aromatic N) is 3. The fraction of sp³-hybridized carbons (Fsp3) is 0.273. The predicted molar refractivity (Wildman–Crippen MR) is 118 cm³/mol. The first kappa shape index (κ1) is 19.4. The molecule has 0 saturated heterocycles. The molecule has 1 aliphatic carbocycles. The van der Waals surface area contributed by atoms with Gasteiger partial charge in [0.2, 0.25) is 15.0 Å². The number of benzene rings is 2. The summed E-state index contributed by atoms with van der Waals surface area (Å²) in [5, 5.41) is 6.59. The minimum Gasteiger partial charge on any atom is -0.211 e. The summed E-state index contributed by atoms with van der Waals surface area (Å²) in [6.07, 6.45) is 4.85. The number of hydrogen-bond donors (Lipinski definition) is 1. The zero-order valence-corrected chi connectivity index (χ0v) is 18.0. The molecule has 1 aliphatic rings. The summed E-state index contributed by atoms with van der Waals surface area (Å²) in [7, 11) is -3.53. The average molecular weight is 439 g/mol. The molecule has 0 saturated carbocycles. The lowest BCUT2D eigenvalue weighted by Crippen LogP contribution is -2.26. The molecule has 0 aliphatic heterocycles. The van der Waals surface area contributed by atoms with Crippen molar-refractivity contribution in [2.75, 3.05) is 6.54 Å². The maximum atomic E-state index is 12.8. The monoisotopic (exact) mass is 438 g/mol. The Labute approximate surface area is 179 Å². The van der Waals surface area contributed by atoms with Gasteiger partial charge >= 0.3 is 0 Å². The molecular weight excluding hydrogens is 416 g/mol. The van der Waals surface area contributed by atoms with Crippen molar-refractivity contribution >= 4 is 26.3 Å². The lowest BCUT2D eigenvalue weighted by molar-refractivity contribution is 0.580. The van der Waals surface area contributed by atoms with Crippen LogP contribution < -0.4 is 4.72 Å². The largest absolute Gasteiger partial charge is 0.240 e. The van der Waals surface area contributed by atoms with Gasteiger partial charge in [0.1, 0.15) is 0 Å². The summed E-state index contributed by atoms with van der Waals surface area (Å²) >= 11 is 1.51. The van der Waals surface area contributed by atoms with Gasteiger partial charge in [0.05, 0.1) is 10.6 Å². The number of sulfonamides is 1. The molecule has 0 amide bonds. The van der Waals surface area contributed by atoms with Crippen LogP contribution in [-0.4, -0.2) is 29.6 Å². The molecule has 8 heteroatoms. The molecule has 1 N–H and O–H groups in total. The van der Waals surface area contributed by atoms with E-state index in [1.807, 2.05) is 47.8 Å². The summed E-state index contributed by atoms with van der Waals surface area (Å²) in [5.41, 5.74) is 4.35. The van der Waals surface area contributed by atoms with Crippen LogP contribution in [-0.2, 0) is 29.3 Å². The quantitative estimate of drug-likeness (QED) is 0.496. The molecule has 5 rings (SSSR count). The van der Waals surface area contributed by atoms with Gasteiger partial charge in [-0.15, -0.1) is 16.4 Å². The van der Waals surface area contributed by atoms with Crippen LogP contribution in [0.15, 0.2) is 58.8 Å². The number of thiazole rings is 1. The first-order valence-electron chi connectivity index (χ1n) is 10.1. The maximum absolute atomic E-state index is 12.8. The van der Waals surface area contributed by atoms with Gasteiger partial charge in [-0.25, -0.2) is 17.7 Å². The van der Waals surface area contributed by atoms with Gasteiger partial charge in [-0.3, -0.25) is 0 Å². The highest BCUT2D eigenvalue weighted by atomic mass is 32.2. The Kier molecular flexibility index (Phi) is 5.14. The molecule has 154 valence electrons. The maximum Gasteiger partial charge on any atom is 0.240 e. The molecule has 30 heavy (non-hydrogen) atoms. The van der Waals surface area contributed by atoms with Crippen molar-refractivity contribution in [3.8, 4) is 11.4 Å². The van der Waals surface area contributed by atoms with Crippen molar-refractivity contribution in [1.29, 1.82) is 0 Å². The molecule has 0 bridgehead atoms. The fourth-order valence-corrected chi connectivity index (χ4v) is 5.82. The molecule has 0 unspecified atom stereocenters. The van der Waals surface area contributed by atoms with Crippen LogP contribution in [0.2, 0.25) is 0 Å². The third-order valence-corrected chi connectivity index (χ3v) is 7.81. The number of aromatic nitrogens is 3. The highest BCUT2D eigenvalue weighted by Gasteiger charge is 2.18. The molecule has 6 nitrogen and oxygen atoms in total. The molecule has 0 radical (unpaired) electrons. The summed E-state index contributed by atoms with van der Waals surface area (Å²) in [6, 6.07) is 15.4. The van der Waals surface area contributed by atoms with Crippen LogP contribution in [0.1, 0.15) is 29.7 Å². The van der Waals surface area contributed by atoms with E-state index in [1.165, 1.54) is 28.9 Å².